The van der Waals surface area contributed by atoms with Crippen LogP contribution in [-0.4, -0.2) is 78.5 Å². The van der Waals surface area contributed by atoms with Crippen LogP contribution in [0.25, 0.3) is 0 Å². The van der Waals surface area contributed by atoms with E-state index in [0.717, 1.165) is 6.54 Å². The molecule has 7 heteroatoms. The van der Waals surface area contributed by atoms with Crippen LogP contribution in [0.4, 0.5) is 0 Å². The molecule has 148 valence electrons. The number of carbonyl (C=O) groups excluding carboxylic acids is 2. The molecule has 0 aliphatic carbocycles. The van der Waals surface area contributed by atoms with Crippen LogP contribution in [0.5, 0.6) is 0 Å². The fraction of sp³-hybridized carbons (Fsp3) is 0.429. The number of hydrogen-bond donors (Lipinski definition) is 0. The molecule has 2 fully saturated rings. The Bertz CT molecular complexity index is 787. The van der Waals surface area contributed by atoms with Gasteiger partial charge < -0.3 is 19.0 Å². The standard InChI is InChI=1S/C21H25N3O4/c25-20(23-10-13-27-14-11-23)18-16-22(15-17-5-2-1-3-6-17)8-9-24(18)21(26)19-7-4-12-28-19/h1-7,12,18H,8-11,13-16H2. The van der Waals surface area contributed by atoms with Crippen LogP contribution in [-0.2, 0) is 16.1 Å². The van der Waals surface area contributed by atoms with Crippen molar-refractivity contribution in [3.63, 3.8) is 0 Å². The molecule has 7 nitrogen and oxygen atoms in total. The molecule has 1 atom stereocenters. The molecule has 2 aromatic rings. The van der Waals surface area contributed by atoms with Crippen LogP contribution in [0.3, 0.4) is 0 Å². The average molecular weight is 383 g/mol. The summed E-state index contributed by atoms with van der Waals surface area (Å²) in [5.74, 6) is 0.0354. The number of ether oxygens (including phenoxy) is 1. The molecule has 2 amide bonds. The summed E-state index contributed by atoms with van der Waals surface area (Å²) in [6.45, 7) is 4.69. The number of piperazine rings is 1. The van der Waals surface area contributed by atoms with Crippen LogP contribution < -0.4 is 0 Å². The Morgan fingerprint density at radius 3 is 2.46 bits per heavy atom. The van der Waals surface area contributed by atoms with Crippen molar-refractivity contribution < 1.29 is 18.7 Å². The van der Waals surface area contributed by atoms with Gasteiger partial charge in [-0.25, -0.2) is 0 Å². The molecule has 0 bridgehead atoms. The third-order valence-electron chi connectivity index (χ3n) is 5.31. The Morgan fingerprint density at radius 1 is 0.964 bits per heavy atom. The predicted molar refractivity (Wildman–Crippen MR) is 103 cm³/mol. The first kappa shape index (κ1) is 18.7. The number of nitrogens with zero attached hydrogens (tertiary/aromatic N) is 3. The zero-order valence-electron chi connectivity index (χ0n) is 15.8. The summed E-state index contributed by atoms with van der Waals surface area (Å²) in [5, 5.41) is 0. The van der Waals surface area contributed by atoms with Crippen molar-refractivity contribution in [1.82, 2.24) is 14.7 Å². The monoisotopic (exact) mass is 383 g/mol. The van der Waals surface area contributed by atoms with Crippen molar-refractivity contribution in [3.05, 3.63) is 60.1 Å². The molecule has 2 aliphatic heterocycles. The van der Waals surface area contributed by atoms with E-state index in [1.54, 1.807) is 17.0 Å². The van der Waals surface area contributed by atoms with Gasteiger partial charge in [-0.2, -0.15) is 0 Å². The first-order chi connectivity index (χ1) is 13.7. The summed E-state index contributed by atoms with van der Waals surface area (Å²) in [4.78, 5) is 31.9. The van der Waals surface area contributed by atoms with Crippen LogP contribution >= 0.6 is 0 Å². The second kappa shape index (κ2) is 8.58. The van der Waals surface area contributed by atoms with Crippen LogP contribution in [0, 0.1) is 0 Å². The maximum atomic E-state index is 13.3. The van der Waals surface area contributed by atoms with E-state index in [1.807, 2.05) is 23.1 Å². The van der Waals surface area contributed by atoms with Crippen LogP contribution in [0.2, 0.25) is 0 Å². The van der Waals surface area contributed by atoms with Gasteiger partial charge in [0.05, 0.1) is 19.5 Å². The number of amides is 2. The lowest BCUT2D eigenvalue weighted by atomic mass is 10.1. The van der Waals surface area contributed by atoms with E-state index < -0.39 is 6.04 Å². The number of morpholine rings is 1. The smallest absolute Gasteiger partial charge is 0.290 e. The lowest BCUT2D eigenvalue weighted by Gasteiger charge is -2.42. The molecule has 1 aromatic heterocycles. The Labute approximate surface area is 164 Å². The predicted octanol–water partition coefficient (Wildman–Crippen LogP) is 1.47. The van der Waals surface area contributed by atoms with Crippen molar-refractivity contribution in [2.45, 2.75) is 12.6 Å². The molecule has 2 aliphatic rings. The maximum Gasteiger partial charge on any atom is 0.290 e. The molecular weight excluding hydrogens is 358 g/mol. The SMILES string of the molecule is O=C(C1CN(Cc2ccccc2)CCN1C(=O)c1ccco1)N1CCOCC1. The van der Waals surface area contributed by atoms with Crippen LogP contribution in [0.1, 0.15) is 16.1 Å². The van der Waals surface area contributed by atoms with E-state index in [0.29, 0.717) is 45.9 Å². The van der Waals surface area contributed by atoms with E-state index in [1.165, 1.54) is 11.8 Å². The number of benzene rings is 1. The third kappa shape index (κ3) is 4.10. The van der Waals surface area contributed by atoms with E-state index in [9.17, 15) is 9.59 Å². The first-order valence-electron chi connectivity index (χ1n) is 9.69. The van der Waals surface area contributed by atoms with E-state index in [2.05, 4.69) is 17.0 Å². The highest BCUT2D eigenvalue weighted by atomic mass is 16.5. The topological polar surface area (TPSA) is 66.2 Å². The molecule has 4 rings (SSSR count). The quantitative estimate of drug-likeness (QED) is 0.800. The van der Waals surface area contributed by atoms with Crippen molar-refractivity contribution in [2.24, 2.45) is 0 Å². The lowest BCUT2D eigenvalue weighted by molar-refractivity contribution is -0.142. The molecule has 3 heterocycles. The number of furan rings is 1. The van der Waals surface area contributed by atoms with Crippen molar-refractivity contribution in [2.75, 3.05) is 45.9 Å². The summed E-state index contributed by atoms with van der Waals surface area (Å²) in [5.41, 5.74) is 1.20. The Morgan fingerprint density at radius 2 is 1.75 bits per heavy atom. The zero-order valence-corrected chi connectivity index (χ0v) is 15.8. The number of carbonyl (C=O) groups is 2. The minimum absolute atomic E-state index is 0.0130. The van der Waals surface area contributed by atoms with Crippen molar-refractivity contribution in [3.8, 4) is 0 Å². The van der Waals surface area contributed by atoms with Crippen molar-refractivity contribution in [1.29, 1.82) is 0 Å². The molecule has 2 saturated heterocycles. The highest BCUT2D eigenvalue weighted by Gasteiger charge is 2.38. The molecule has 0 N–H and O–H groups in total. The highest BCUT2D eigenvalue weighted by molar-refractivity contribution is 5.95. The highest BCUT2D eigenvalue weighted by Crippen LogP contribution is 2.19. The second-order valence-corrected chi connectivity index (χ2v) is 7.15. The molecule has 0 radical (unpaired) electrons. The van der Waals surface area contributed by atoms with Gasteiger partial charge in [0.25, 0.3) is 5.91 Å². The number of rotatable bonds is 4. The average Bonchev–Trinajstić information content (AvgIpc) is 3.29. The van der Waals surface area contributed by atoms with Gasteiger partial charge in [0.1, 0.15) is 6.04 Å². The fourth-order valence-corrected chi connectivity index (χ4v) is 3.82. The number of hydrogen-bond acceptors (Lipinski definition) is 5. The summed E-state index contributed by atoms with van der Waals surface area (Å²) >= 11 is 0. The van der Waals surface area contributed by atoms with Gasteiger partial charge in [-0.05, 0) is 17.7 Å². The Hall–Kier alpha value is -2.64. The molecule has 28 heavy (non-hydrogen) atoms. The normalized spacial score (nSPS) is 20.9. The molecule has 1 aromatic carbocycles. The minimum atomic E-state index is -0.520. The third-order valence-corrected chi connectivity index (χ3v) is 5.31. The molecule has 0 spiro atoms. The maximum absolute atomic E-state index is 13.3. The Kier molecular flexibility index (Phi) is 5.73. The van der Waals surface area contributed by atoms with Gasteiger partial charge >= 0.3 is 0 Å². The van der Waals surface area contributed by atoms with Gasteiger partial charge in [-0.3, -0.25) is 14.5 Å². The van der Waals surface area contributed by atoms with E-state index in [-0.39, 0.29) is 17.6 Å². The Balaban J connectivity index is 1.52. The summed E-state index contributed by atoms with van der Waals surface area (Å²) in [7, 11) is 0. The largest absolute Gasteiger partial charge is 0.459 e. The van der Waals surface area contributed by atoms with Crippen LogP contribution in [0.15, 0.2) is 53.1 Å². The van der Waals surface area contributed by atoms with Crippen molar-refractivity contribution >= 4 is 11.8 Å². The minimum Gasteiger partial charge on any atom is -0.459 e. The first-order valence-corrected chi connectivity index (χ1v) is 9.69. The van der Waals surface area contributed by atoms with Gasteiger partial charge in [-0.15, -0.1) is 0 Å². The van der Waals surface area contributed by atoms with E-state index >= 15 is 0 Å². The molecule has 1 unspecified atom stereocenters. The summed E-state index contributed by atoms with van der Waals surface area (Å²) < 4.78 is 10.7. The van der Waals surface area contributed by atoms with Gasteiger partial charge in [0.2, 0.25) is 5.91 Å². The lowest BCUT2D eigenvalue weighted by Crippen LogP contribution is -2.61. The van der Waals surface area contributed by atoms with Gasteiger partial charge in [0, 0.05) is 39.3 Å². The molecular formula is C21H25N3O4. The summed E-state index contributed by atoms with van der Waals surface area (Å²) in [6, 6.07) is 13.0. The molecule has 0 saturated carbocycles. The van der Waals surface area contributed by atoms with E-state index in [4.69, 9.17) is 9.15 Å². The van der Waals surface area contributed by atoms with Gasteiger partial charge in [-0.1, -0.05) is 30.3 Å². The summed E-state index contributed by atoms with van der Waals surface area (Å²) in [6.07, 6.45) is 1.48. The fourth-order valence-electron chi connectivity index (χ4n) is 3.82. The zero-order chi connectivity index (χ0) is 19.3. The van der Waals surface area contributed by atoms with Gasteiger partial charge in [0.15, 0.2) is 5.76 Å². The second-order valence-electron chi connectivity index (χ2n) is 7.15.